The van der Waals surface area contributed by atoms with Crippen molar-refractivity contribution >= 4 is 11.9 Å². The first-order chi connectivity index (χ1) is 9.20. The number of piperazine rings is 1. The molecule has 3 aliphatic rings. The summed E-state index contributed by atoms with van der Waals surface area (Å²) in [4.78, 5) is 29.9. The molecule has 106 valence electrons. The van der Waals surface area contributed by atoms with Crippen LogP contribution in [-0.4, -0.2) is 79.1 Å². The average Bonchev–Trinajstić information content (AvgIpc) is 3.22. The lowest BCUT2D eigenvalue weighted by atomic mass is 10.2. The van der Waals surface area contributed by atoms with Crippen molar-refractivity contribution in [1.29, 1.82) is 0 Å². The number of amides is 3. The number of hydrogen-bond donors (Lipinski definition) is 0. The maximum Gasteiger partial charge on any atom is 0.320 e. The van der Waals surface area contributed by atoms with Crippen LogP contribution in [0.15, 0.2) is 0 Å². The van der Waals surface area contributed by atoms with Crippen LogP contribution in [0.4, 0.5) is 4.79 Å². The minimum atomic E-state index is 0.0978. The van der Waals surface area contributed by atoms with Crippen LogP contribution in [0.2, 0.25) is 0 Å². The van der Waals surface area contributed by atoms with Gasteiger partial charge in [0.05, 0.1) is 12.6 Å². The largest absolute Gasteiger partial charge is 0.383 e. The van der Waals surface area contributed by atoms with E-state index in [2.05, 4.69) is 0 Å². The first kappa shape index (κ1) is 12.7. The Morgan fingerprint density at radius 1 is 1.32 bits per heavy atom. The third kappa shape index (κ3) is 2.41. The Balaban J connectivity index is 1.59. The predicted octanol–water partition coefficient (Wildman–Crippen LogP) is -0.00880. The molecule has 0 radical (unpaired) electrons. The smallest absolute Gasteiger partial charge is 0.320 e. The zero-order chi connectivity index (χ0) is 13.4. The molecular weight excluding hydrogens is 246 g/mol. The maximum absolute atomic E-state index is 12.2. The van der Waals surface area contributed by atoms with Crippen molar-refractivity contribution in [2.24, 2.45) is 5.92 Å². The second-order valence-electron chi connectivity index (χ2n) is 5.63. The number of nitrogens with zero attached hydrogens (tertiary/aromatic N) is 3. The highest BCUT2D eigenvalue weighted by molar-refractivity contribution is 5.82. The molecule has 3 rings (SSSR count). The Morgan fingerprint density at radius 2 is 2.11 bits per heavy atom. The molecule has 1 unspecified atom stereocenters. The summed E-state index contributed by atoms with van der Waals surface area (Å²) in [6.07, 6.45) is 2.09. The van der Waals surface area contributed by atoms with E-state index in [0.717, 1.165) is 19.4 Å². The van der Waals surface area contributed by atoms with Gasteiger partial charge in [-0.25, -0.2) is 4.79 Å². The lowest BCUT2D eigenvalue weighted by molar-refractivity contribution is -0.134. The molecule has 2 aliphatic heterocycles. The fraction of sp³-hybridized carbons (Fsp3) is 0.846. The van der Waals surface area contributed by atoms with Gasteiger partial charge in [-0.05, 0) is 12.8 Å². The number of fused-ring (bicyclic) bond motifs is 1. The van der Waals surface area contributed by atoms with E-state index in [9.17, 15) is 9.59 Å². The van der Waals surface area contributed by atoms with Gasteiger partial charge in [0.1, 0.15) is 0 Å². The summed E-state index contributed by atoms with van der Waals surface area (Å²) in [6, 6.07) is 0.265. The van der Waals surface area contributed by atoms with Gasteiger partial charge < -0.3 is 19.4 Å². The molecule has 1 atom stereocenters. The highest BCUT2D eigenvalue weighted by Crippen LogP contribution is 2.32. The third-order valence-electron chi connectivity index (χ3n) is 4.23. The Hall–Kier alpha value is -1.30. The topological polar surface area (TPSA) is 53.1 Å². The molecule has 0 aromatic heterocycles. The van der Waals surface area contributed by atoms with Crippen molar-refractivity contribution in [1.82, 2.24) is 14.7 Å². The zero-order valence-corrected chi connectivity index (χ0v) is 11.4. The van der Waals surface area contributed by atoms with Crippen molar-refractivity contribution in [3.8, 4) is 0 Å². The van der Waals surface area contributed by atoms with Gasteiger partial charge in [-0.1, -0.05) is 0 Å². The first-order valence-corrected chi connectivity index (χ1v) is 7.04. The quantitative estimate of drug-likeness (QED) is 0.720. The predicted molar refractivity (Wildman–Crippen MR) is 68.6 cm³/mol. The molecule has 0 N–H and O–H groups in total. The van der Waals surface area contributed by atoms with Gasteiger partial charge >= 0.3 is 6.03 Å². The van der Waals surface area contributed by atoms with Crippen molar-refractivity contribution in [3.63, 3.8) is 0 Å². The van der Waals surface area contributed by atoms with E-state index < -0.39 is 0 Å². The standard InChI is InChI=1S/C13H21N3O3/c1-19-7-6-15-9-11-8-14(12(17)10-2-3-10)4-5-16(11)13(15)18/h10-11H,2-9H2,1H3. The highest BCUT2D eigenvalue weighted by Gasteiger charge is 2.43. The fourth-order valence-electron chi connectivity index (χ4n) is 2.95. The summed E-state index contributed by atoms with van der Waals surface area (Å²) in [5.74, 6) is 0.565. The highest BCUT2D eigenvalue weighted by atomic mass is 16.5. The van der Waals surface area contributed by atoms with E-state index in [1.807, 2.05) is 14.7 Å². The molecule has 0 spiro atoms. The van der Waals surface area contributed by atoms with Crippen molar-refractivity contribution in [2.45, 2.75) is 18.9 Å². The molecule has 6 nitrogen and oxygen atoms in total. The van der Waals surface area contributed by atoms with Gasteiger partial charge in [0.25, 0.3) is 0 Å². The van der Waals surface area contributed by atoms with E-state index in [-0.39, 0.29) is 18.0 Å². The molecule has 2 heterocycles. The molecule has 0 aromatic carbocycles. The SMILES string of the molecule is COCCN1CC2CN(C(=O)C3CC3)CCN2C1=O. The summed E-state index contributed by atoms with van der Waals surface area (Å²) < 4.78 is 5.03. The van der Waals surface area contributed by atoms with Crippen molar-refractivity contribution in [3.05, 3.63) is 0 Å². The van der Waals surface area contributed by atoms with E-state index >= 15 is 0 Å². The number of rotatable bonds is 4. The molecule has 3 amide bonds. The molecule has 1 saturated carbocycles. The van der Waals surface area contributed by atoms with E-state index in [1.165, 1.54) is 0 Å². The summed E-state index contributed by atoms with van der Waals surface area (Å²) in [6.45, 7) is 3.98. The molecule has 0 bridgehead atoms. The molecular formula is C13H21N3O3. The van der Waals surface area contributed by atoms with Crippen LogP contribution in [0.25, 0.3) is 0 Å². The summed E-state index contributed by atoms with van der Waals surface area (Å²) in [5, 5.41) is 0. The second kappa shape index (κ2) is 5.00. The Kier molecular flexibility index (Phi) is 3.35. The summed E-state index contributed by atoms with van der Waals surface area (Å²) in [7, 11) is 1.64. The number of urea groups is 1. The normalized spacial score (nSPS) is 26.9. The van der Waals surface area contributed by atoms with Crippen LogP contribution in [0.1, 0.15) is 12.8 Å². The summed E-state index contributed by atoms with van der Waals surface area (Å²) in [5.41, 5.74) is 0. The number of hydrogen-bond acceptors (Lipinski definition) is 3. The molecule has 0 aromatic rings. The zero-order valence-electron chi connectivity index (χ0n) is 11.4. The first-order valence-electron chi connectivity index (χ1n) is 7.04. The van der Waals surface area contributed by atoms with Crippen LogP contribution >= 0.6 is 0 Å². The van der Waals surface area contributed by atoms with Gasteiger partial charge in [0.2, 0.25) is 5.91 Å². The molecule has 6 heteroatoms. The van der Waals surface area contributed by atoms with Gasteiger partial charge in [-0.2, -0.15) is 0 Å². The maximum atomic E-state index is 12.2. The van der Waals surface area contributed by atoms with Gasteiger partial charge in [-0.3, -0.25) is 4.79 Å². The average molecular weight is 267 g/mol. The molecule has 3 fully saturated rings. The molecule has 2 saturated heterocycles. The van der Waals surface area contributed by atoms with Crippen LogP contribution < -0.4 is 0 Å². The van der Waals surface area contributed by atoms with Crippen LogP contribution in [0.3, 0.4) is 0 Å². The number of methoxy groups -OCH3 is 1. The lowest BCUT2D eigenvalue weighted by Crippen LogP contribution is -2.54. The van der Waals surface area contributed by atoms with Crippen molar-refractivity contribution in [2.75, 3.05) is 46.4 Å². The fourth-order valence-corrected chi connectivity index (χ4v) is 2.95. The summed E-state index contributed by atoms with van der Waals surface area (Å²) >= 11 is 0. The van der Waals surface area contributed by atoms with Gasteiger partial charge in [0.15, 0.2) is 0 Å². The van der Waals surface area contributed by atoms with E-state index in [0.29, 0.717) is 38.7 Å². The van der Waals surface area contributed by atoms with Crippen molar-refractivity contribution < 1.29 is 14.3 Å². The van der Waals surface area contributed by atoms with Gasteiger partial charge in [-0.15, -0.1) is 0 Å². The lowest BCUT2D eigenvalue weighted by Gasteiger charge is -2.36. The van der Waals surface area contributed by atoms with E-state index in [4.69, 9.17) is 4.74 Å². The second-order valence-corrected chi connectivity index (χ2v) is 5.63. The number of carbonyl (C=O) groups is 2. The molecule has 19 heavy (non-hydrogen) atoms. The Bertz CT molecular complexity index is 383. The minimum absolute atomic E-state index is 0.0978. The van der Waals surface area contributed by atoms with E-state index in [1.54, 1.807) is 7.11 Å². The monoisotopic (exact) mass is 267 g/mol. The minimum Gasteiger partial charge on any atom is -0.383 e. The van der Waals surface area contributed by atoms with Crippen LogP contribution in [0.5, 0.6) is 0 Å². The number of carbonyl (C=O) groups excluding carboxylic acids is 2. The molecule has 1 aliphatic carbocycles. The Labute approximate surface area is 113 Å². The van der Waals surface area contributed by atoms with Crippen LogP contribution in [0, 0.1) is 5.92 Å². The third-order valence-corrected chi connectivity index (χ3v) is 4.23. The van der Waals surface area contributed by atoms with Crippen LogP contribution in [-0.2, 0) is 9.53 Å². The van der Waals surface area contributed by atoms with Gasteiger partial charge in [0, 0.05) is 45.8 Å². The Morgan fingerprint density at radius 3 is 2.79 bits per heavy atom. The number of ether oxygens (including phenoxy) is 1.